The number of carboxylic acid groups (broad SMARTS) is 2. The van der Waals surface area contributed by atoms with Crippen LogP contribution in [0.5, 0.6) is 11.5 Å². The topological polar surface area (TPSA) is 277 Å². The van der Waals surface area contributed by atoms with Crippen molar-refractivity contribution in [2.75, 3.05) is 18.6 Å². The highest BCUT2D eigenvalue weighted by Gasteiger charge is 2.67. The van der Waals surface area contributed by atoms with Gasteiger partial charge in [-0.15, -0.1) is 16.9 Å². The molecule has 3 amide bonds. The minimum atomic E-state index is -2.06. The fourth-order valence-electron chi connectivity index (χ4n) is 5.45. The number of rotatable bonds is 12. The smallest absolute Gasteiger partial charge is 0.352 e. The summed E-state index contributed by atoms with van der Waals surface area (Å²) >= 11 is 2.07. The lowest BCUT2D eigenvalue weighted by atomic mass is 9.97. The van der Waals surface area contributed by atoms with Crippen molar-refractivity contribution in [2.24, 2.45) is 0 Å². The Labute approximate surface area is 293 Å². The minimum Gasteiger partial charge on any atom is -0.504 e. The zero-order valence-electron chi connectivity index (χ0n) is 26.0. The number of benzene rings is 2. The fourth-order valence-corrected chi connectivity index (χ4v) is 7.91. The van der Waals surface area contributed by atoms with Gasteiger partial charge in [0, 0.05) is 24.7 Å². The summed E-state index contributed by atoms with van der Waals surface area (Å²) in [5.74, 6) is -6.64. The maximum absolute atomic E-state index is 14.0. The van der Waals surface area contributed by atoms with Crippen LogP contribution in [0, 0.1) is 0 Å². The maximum Gasteiger partial charge on any atom is 0.352 e. The summed E-state index contributed by atoms with van der Waals surface area (Å²) in [4.78, 5) is 78.9. The summed E-state index contributed by atoms with van der Waals surface area (Å²) in [7, 11) is 1.15. The Hall–Kier alpha value is -5.93. The molecule has 1 unspecified atom stereocenters. The van der Waals surface area contributed by atoms with Crippen molar-refractivity contribution >= 4 is 64.2 Å². The standard InChI is InChI=1S/C30H25N7O12S2/c1-48-30(27(47)37-22(26(45)46)14(11-50-28(30)37)12-51-29-33-34-35-36(29)9-20(40)41)32-25(44)21(13-5-3-2-4-6-13)31-24(43)16-10-49-19-8-18(39)17(38)7-15(19)23(16)42/h2-8,10,21,28,38-39H,9,11-12H2,1H3,(H,31,43)(H,32,44)(H,40,41)(H,45,46)/t21?,28-,30-/m0/s1. The Morgan fingerprint density at radius 2 is 1.86 bits per heavy atom. The summed E-state index contributed by atoms with van der Waals surface area (Å²) < 4.78 is 11.9. The van der Waals surface area contributed by atoms with Crippen LogP contribution >= 0.6 is 23.5 Å². The molecule has 1 saturated heterocycles. The van der Waals surface area contributed by atoms with Crippen LogP contribution in [0.25, 0.3) is 11.0 Å². The predicted molar refractivity (Wildman–Crippen MR) is 174 cm³/mol. The van der Waals surface area contributed by atoms with E-state index in [2.05, 4.69) is 26.2 Å². The first kappa shape index (κ1) is 34.9. The Morgan fingerprint density at radius 1 is 1.14 bits per heavy atom. The van der Waals surface area contributed by atoms with Crippen LogP contribution in [0.15, 0.2) is 74.4 Å². The van der Waals surface area contributed by atoms with E-state index in [1.807, 2.05) is 0 Å². The molecule has 0 bridgehead atoms. The molecule has 2 aliphatic rings. The average Bonchev–Trinajstić information content (AvgIpc) is 3.55. The van der Waals surface area contributed by atoms with Gasteiger partial charge in [-0.1, -0.05) is 42.1 Å². The molecule has 4 aromatic rings. The number of amides is 3. The molecule has 4 heterocycles. The molecule has 1 fully saturated rings. The lowest BCUT2D eigenvalue weighted by Gasteiger charge is -2.56. The van der Waals surface area contributed by atoms with Crippen LogP contribution < -0.4 is 16.1 Å². The van der Waals surface area contributed by atoms with Crippen molar-refractivity contribution in [2.45, 2.75) is 28.8 Å². The molecule has 2 aromatic carbocycles. The van der Waals surface area contributed by atoms with E-state index in [4.69, 9.17) is 14.3 Å². The average molecular weight is 740 g/mol. The number of β-lactam (4-membered cyclic amide) rings is 1. The van der Waals surface area contributed by atoms with Gasteiger partial charge in [0.25, 0.3) is 17.5 Å². The molecular weight excluding hydrogens is 715 g/mol. The largest absolute Gasteiger partial charge is 0.504 e. The first-order valence-electron chi connectivity index (χ1n) is 14.6. The van der Waals surface area contributed by atoms with Gasteiger partial charge < -0.3 is 40.2 Å². The zero-order valence-corrected chi connectivity index (χ0v) is 27.6. The number of aliphatic carboxylic acids is 2. The number of phenolic OH excluding ortho intramolecular Hbond substituents is 2. The van der Waals surface area contributed by atoms with Gasteiger partial charge in [-0.3, -0.25) is 28.9 Å². The van der Waals surface area contributed by atoms with E-state index in [9.17, 15) is 44.1 Å². The highest BCUT2D eigenvalue weighted by atomic mass is 32.2. The molecule has 6 N–H and O–H groups in total. The number of thioether (sulfide) groups is 2. The Bertz CT molecular complexity index is 2190. The van der Waals surface area contributed by atoms with Gasteiger partial charge in [-0.05, 0) is 27.6 Å². The SMILES string of the molecule is CO[C@@]1(NC(=O)C(NC(=O)c2coc3cc(O)c(O)cc3c2=O)c2ccccc2)C(=O)N2C(C(=O)O)=C(CSc3nnnn3CC(=O)O)CS[C@H]21. The molecule has 21 heteroatoms. The molecule has 2 aromatic heterocycles. The van der Waals surface area contributed by atoms with E-state index in [1.165, 1.54) is 12.1 Å². The van der Waals surface area contributed by atoms with Gasteiger partial charge in [0.1, 0.15) is 41.1 Å². The van der Waals surface area contributed by atoms with E-state index in [0.29, 0.717) is 5.57 Å². The molecule has 264 valence electrons. The molecule has 51 heavy (non-hydrogen) atoms. The Morgan fingerprint density at radius 3 is 2.55 bits per heavy atom. The number of nitrogens with zero attached hydrogens (tertiary/aromatic N) is 5. The number of carboxylic acids is 2. The van der Waals surface area contributed by atoms with Crippen molar-refractivity contribution < 1.29 is 53.6 Å². The van der Waals surface area contributed by atoms with Gasteiger partial charge in [0.15, 0.2) is 11.5 Å². The van der Waals surface area contributed by atoms with E-state index < -0.39 is 75.8 Å². The molecule has 19 nitrogen and oxygen atoms in total. The number of carbonyl (C=O) groups is 5. The number of phenols is 2. The summed E-state index contributed by atoms with van der Waals surface area (Å²) in [5, 5.41) is 53.5. The zero-order chi connectivity index (χ0) is 36.6. The van der Waals surface area contributed by atoms with Gasteiger partial charge in [-0.2, -0.15) is 0 Å². The first-order valence-corrected chi connectivity index (χ1v) is 16.6. The number of hydrogen-bond donors (Lipinski definition) is 6. The van der Waals surface area contributed by atoms with E-state index in [1.54, 1.807) is 18.2 Å². The summed E-state index contributed by atoms with van der Waals surface area (Å²) in [6.07, 6.45) is 0.835. The molecule has 0 spiro atoms. The lowest BCUT2D eigenvalue weighted by Crippen LogP contribution is -2.81. The molecule has 6 rings (SSSR count). The van der Waals surface area contributed by atoms with Crippen LogP contribution in [-0.4, -0.2) is 105 Å². The number of aromatic hydroxyl groups is 2. The third-order valence-corrected chi connectivity index (χ3v) is 10.3. The second-order valence-electron chi connectivity index (χ2n) is 11.0. The quantitative estimate of drug-likeness (QED) is 0.0492. The summed E-state index contributed by atoms with van der Waals surface area (Å²) in [5.41, 5.74) is -3.38. The maximum atomic E-state index is 14.0. The van der Waals surface area contributed by atoms with Gasteiger partial charge >= 0.3 is 11.9 Å². The molecule has 0 saturated carbocycles. The number of tetrazole rings is 1. The third-order valence-electron chi connectivity index (χ3n) is 7.89. The fraction of sp³-hybridized carbons (Fsp3) is 0.233. The van der Waals surface area contributed by atoms with Crippen molar-refractivity contribution in [3.8, 4) is 11.5 Å². The van der Waals surface area contributed by atoms with E-state index >= 15 is 0 Å². The molecule has 0 radical (unpaired) electrons. The van der Waals surface area contributed by atoms with E-state index in [0.717, 1.165) is 58.6 Å². The number of methoxy groups -OCH3 is 1. The number of nitrogens with one attached hydrogen (secondary N) is 2. The number of ether oxygens (including phenoxy) is 1. The number of carbonyl (C=O) groups excluding carboxylic acids is 3. The van der Waals surface area contributed by atoms with Crippen LogP contribution in [0.1, 0.15) is 22.0 Å². The summed E-state index contributed by atoms with van der Waals surface area (Å²) in [6, 6.07) is 8.28. The monoisotopic (exact) mass is 739 g/mol. The third kappa shape index (κ3) is 6.32. The number of aromatic nitrogens is 4. The van der Waals surface area contributed by atoms with Crippen molar-refractivity contribution in [3.63, 3.8) is 0 Å². The first-order chi connectivity index (χ1) is 24.4. The van der Waals surface area contributed by atoms with Crippen LogP contribution in [0.3, 0.4) is 0 Å². The normalized spacial score (nSPS) is 18.9. The van der Waals surface area contributed by atoms with Gasteiger partial charge in [0.2, 0.25) is 16.5 Å². The molecule has 2 aliphatic heterocycles. The van der Waals surface area contributed by atoms with Gasteiger partial charge in [0.05, 0.1) is 5.39 Å². The van der Waals surface area contributed by atoms with Gasteiger partial charge in [-0.25, -0.2) is 9.48 Å². The molecular formula is C30H25N7O12S2. The van der Waals surface area contributed by atoms with E-state index in [-0.39, 0.29) is 38.9 Å². The van der Waals surface area contributed by atoms with Crippen LogP contribution in [0.2, 0.25) is 0 Å². The molecule has 0 aliphatic carbocycles. The predicted octanol–water partition coefficient (Wildman–Crippen LogP) is 0.251. The van der Waals surface area contributed by atoms with Crippen molar-refractivity contribution in [1.29, 1.82) is 0 Å². The summed E-state index contributed by atoms with van der Waals surface area (Å²) in [6.45, 7) is -0.520. The Balaban J connectivity index is 1.25. The van der Waals surface area contributed by atoms with Crippen molar-refractivity contribution in [1.82, 2.24) is 35.7 Å². The highest BCUT2D eigenvalue weighted by Crippen LogP contribution is 2.47. The van der Waals surface area contributed by atoms with Crippen LogP contribution in [-0.2, 0) is 30.5 Å². The number of fused-ring (bicyclic) bond motifs is 2. The minimum absolute atomic E-state index is 0.0108. The molecule has 3 atom stereocenters. The Kier molecular flexibility index (Phi) is 9.42. The second kappa shape index (κ2) is 13.8. The lowest BCUT2D eigenvalue weighted by molar-refractivity contribution is -0.192. The highest BCUT2D eigenvalue weighted by molar-refractivity contribution is 8.01. The van der Waals surface area contributed by atoms with Crippen molar-refractivity contribution in [3.05, 3.63) is 81.3 Å². The second-order valence-corrected chi connectivity index (χ2v) is 13.0. The number of hydrogen-bond acceptors (Lipinski definition) is 15. The van der Waals surface area contributed by atoms with Crippen LogP contribution in [0.4, 0.5) is 0 Å².